The fourth-order valence-corrected chi connectivity index (χ4v) is 3.05. The van der Waals surface area contributed by atoms with Crippen molar-refractivity contribution >= 4 is 29.4 Å². The second-order valence-corrected chi connectivity index (χ2v) is 7.56. The molecule has 0 saturated heterocycles. The van der Waals surface area contributed by atoms with Crippen molar-refractivity contribution in [1.29, 1.82) is 0 Å². The predicted molar refractivity (Wildman–Crippen MR) is 96.1 cm³/mol. The third kappa shape index (κ3) is 3.94. The molecule has 25 heavy (non-hydrogen) atoms. The van der Waals surface area contributed by atoms with Crippen LogP contribution in [0.3, 0.4) is 0 Å². The average Bonchev–Trinajstić information content (AvgIpc) is 2.85. The summed E-state index contributed by atoms with van der Waals surface area (Å²) in [7, 11) is 0. The van der Waals surface area contributed by atoms with E-state index in [1.807, 2.05) is 27.7 Å². The quantitative estimate of drug-likeness (QED) is 0.818. The van der Waals surface area contributed by atoms with Crippen LogP contribution in [-0.2, 0) is 4.79 Å². The number of carbonyl (C=O) groups is 2. The van der Waals surface area contributed by atoms with Gasteiger partial charge >= 0.3 is 6.03 Å². The van der Waals surface area contributed by atoms with Gasteiger partial charge in [0.25, 0.3) is 11.9 Å². The summed E-state index contributed by atoms with van der Waals surface area (Å²) in [6.45, 7) is 7.50. The number of urea groups is 1. The van der Waals surface area contributed by atoms with Gasteiger partial charge in [-0.3, -0.25) is 10.1 Å². The molecule has 1 aromatic heterocycles. The zero-order chi connectivity index (χ0) is 18.2. The molecule has 1 aliphatic heterocycles. The molecule has 0 spiro atoms. The Bertz CT molecular complexity index is 769. The summed E-state index contributed by atoms with van der Waals surface area (Å²) >= 11 is 0. The molecule has 0 bridgehead atoms. The number of anilines is 1. The van der Waals surface area contributed by atoms with E-state index >= 15 is 0 Å². The van der Waals surface area contributed by atoms with Gasteiger partial charge in [-0.1, -0.05) is 6.42 Å². The highest BCUT2D eigenvalue weighted by Gasteiger charge is 2.32. The molecule has 2 heterocycles. The standard InChI is InChI=1S/C17H24N6O2/c1-10-9-13(19-16(25)21-17(2,3)4)23(22-10)15-18-12-8-6-5-7-11(12)14(24)20-15/h9,11H,5-8H2,1-4H3,(H2,19,21,25). The van der Waals surface area contributed by atoms with Gasteiger partial charge in [0.1, 0.15) is 5.82 Å². The molecule has 0 aromatic carbocycles. The number of rotatable bonds is 1. The minimum atomic E-state index is -0.363. The second kappa shape index (κ2) is 6.42. The smallest absolute Gasteiger partial charge is 0.320 e. The molecule has 3 rings (SSSR count). The van der Waals surface area contributed by atoms with Crippen LogP contribution in [0.25, 0.3) is 0 Å². The Kier molecular flexibility index (Phi) is 4.45. The second-order valence-electron chi connectivity index (χ2n) is 7.56. The molecule has 1 aromatic rings. The van der Waals surface area contributed by atoms with Crippen molar-refractivity contribution < 1.29 is 9.59 Å². The van der Waals surface area contributed by atoms with Crippen LogP contribution < -0.4 is 10.6 Å². The minimum absolute atomic E-state index is 0.169. The van der Waals surface area contributed by atoms with E-state index in [4.69, 9.17) is 0 Å². The summed E-state index contributed by atoms with van der Waals surface area (Å²) in [5, 5.41) is 9.93. The zero-order valence-electron chi connectivity index (χ0n) is 15.1. The van der Waals surface area contributed by atoms with Crippen molar-refractivity contribution in [2.75, 3.05) is 5.32 Å². The lowest BCUT2D eigenvalue weighted by Crippen LogP contribution is -2.43. The van der Waals surface area contributed by atoms with Gasteiger partial charge in [-0.15, -0.1) is 0 Å². The van der Waals surface area contributed by atoms with Crippen molar-refractivity contribution in [2.45, 2.75) is 58.9 Å². The Morgan fingerprint density at radius 2 is 2.04 bits per heavy atom. The lowest BCUT2D eigenvalue weighted by Gasteiger charge is -2.25. The van der Waals surface area contributed by atoms with Crippen LogP contribution in [0.15, 0.2) is 16.1 Å². The minimum Gasteiger partial charge on any atom is -0.333 e. The molecule has 2 aliphatic rings. The van der Waals surface area contributed by atoms with E-state index in [1.54, 1.807) is 6.07 Å². The van der Waals surface area contributed by atoms with Crippen molar-refractivity contribution in [2.24, 2.45) is 15.9 Å². The van der Waals surface area contributed by atoms with E-state index in [-0.39, 0.29) is 29.4 Å². The molecular weight excluding hydrogens is 320 g/mol. The average molecular weight is 344 g/mol. The van der Waals surface area contributed by atoms with Gasteiger partial charge in [0.2, 0.25) is 0 Å². The summed E-state index contributed by atoms with van der Waals surface area (Å²) in [6, 6.07) is 1.38. The predicted octanol–water partition coefficient (Wildman–Crippen LogP) is 2.49. The van der Waals surface area contributed by atoms with Gasteiger partial charge in [-0.25, -0.2) is 9.79 Å². The van der Waals surface area contributed by atoms with Gasteiger partial charge in [0.15, 0.2) is 0 Å². The third-order valence-electron chi connectivity index (χ3n) is 4.08. The number of aliphatic imine (C=N–C) groups is 2. The summed E-state index contributed by atoms with van der Waals surface area (Å²) in [4.78, 5) is 33.2. The maximum atomic E-state index is 12.3. The van der Waals surface area contributed by atoms with Crippen LogP contribution in [0, 0.1) is 12.8 Å². The number of hydrogen-bond acceptors (Lipinski definition) is 4. The van der Waals surface area contributed by atoms with Crippen LogP contribution in [0.4, 0.5) is 10.6 Å². The maximum Gasteiger partial charge on any atom is 0.320 e. The van der Waals surface area contributed by atoms with Crippen LogP contribution >= 0.6 is 0 Å². The largest absolute Gasteiger partial charge is 0.333 e. The Morgan fingerprint density at radius 3 is 2.76 bits per heavy atom. The molecule has 8 nitrogen and oxygen atoms in total. The highest BCUT2D eigenvalue weighted by molar-refractivity contribution is 6.16. The first-order valence-corrected chi connectivity index (χ1v) is 8.59. The molecule has 8 heteroatoms. The van der Waals surface area contributed by atoms with E-state index in [1.165, 1.54) is 4.68 Å². The third-order valence-corrected chi connectivity index (χ3v) is 4.08. The summed E-state index contributed by atoms with van der Waals surface area (Å²) in [5.41, 5.74) is 1.21. The van der Waals surface area contributed by atoms with Crippen molar-refractivity contribution in [3.8, 4) is 0 Å². The van der Waals surface area contributed by atoms with Gasteiger partial charge in [-0.05, 0) is 47.0 Å². The van der Waals surface area contributed by atoms with Crippen LogP contribution in [-0.4, -0.2) is 38.9 Å². The van der Waals surface area contributed by atoms with Crippen molar-refractivity contribution in [3.63, 3.8) is 0 Å². The first kappa shape index (κ1) is 17.3. The Balaban J connectivity index is 1.87. The lowest BCUT2D eigenvalue weighted by molar-refractivity contribution is -0.120. The maximum absolute atomic E-state index is 12.3. The van der Waals surface area contributed by atoms with Crippen molar-refractivity contribution in [3.05, 3.63) is 11.8 Å². The Morgan fingerprint density at radius 1 is 1.28 bits per heavy atom. The normalized spacial score (nSPS) is 20.5. The van der Waals surface area contributed by atoms with Crippen molar-refractivity contribution in [1.82, 2.24) is 15.1 Å². The zero-order valence-corrected chi connectivity index (χ0v) is 15.1. The van der Waals surface area contributed by atoms with Crippen LogP contribution in [0.2, 0.25) is 0 Å². The fraction of sp³-hybridized carbons (Fsp3) is 0.588. The first-order chi connectivity index (χ1) is 11.7. The highest BCUT2D eigenvalue weighted by Crippen LogP contribution is 2.26. The molecule has 3 amide bonds. The van der Waals surface area contributed by atoms with Crippen LogP contribution in [0.1, 0.15) is 52.1 Å². The Labute approximate surface area is 146 Å². The molecular formula is C17H24N6O2. The van der Waals surface area contributed by atoms with Gasteiger partial charge in [0.05, 0.1) is 11.6 Å². The highest BCUT2D eigenvalue weighted by atomic mass is 16.2. The summed E-state index contributed by atoms with van der Waals surface area (Å²) in [6.07, 6.45) is 3.68. The first-order valence-electron chi connectivity index (χ1n) is 8.59. The van der Waals surface area contributed by atoms with Gasteiger partial charge in [-0.2, -0.15) is 14.8 Å². The SMILES string of the molecule is Cc1cc(NC(=O)NC(C)(C)C)n(C2=NC(=O)C3CCCCC3=N2)n1. The summed E-state index contributed by atoms with van der Waals surface area (Å²) < 4.78 is 1.42. The molecule has 1 unspecified atom stereocenters. The molecule has 1 saturated carbocycles. The number of nitrogens with one attached hydrogen (secondary N) is 2. The number of hydrogen-bond donors (Lipinski definition) is 2. The van der Waals surface area contributed by atoms with E-state index in [0.717, 1.165) is 31.4 Å². The van der Waals surface area contributed by atoms with E-state index in [9.17, 15) is 9.59 Å². The number of aromatic nitrogens is 2. The molecule has 0 radical (unpaired) electrons. The molecule has 134 valence electrons. The van der Waals surface area contributed by atoms with E-state index < -0.39 is 0 Å². The number of nitrogens with zero attached hydrogens (tertiary/aromatic N) is 4. The number of amides is 3. The van der Waals surface area contributed by atoms with E-state index in [2.05, 4.69) is 25.7 Å². The monoisotopic (exact) mass is 344 g/mol. The number of carbonyl (C=O) groups excluding carboxylic acids is 2. The Hall–Kier alpha value is -2.51. The topological polar surface area (TPSA) is 101 Å². The molecule has 1 aliphatic carbocycles. The lowest BCUT2D eigenvalue weighted by atomic mass is 9.86. The van der Waals surface area contributed by atoms with E-state index in [0.29, 0.717) is 11.5 Å². The molecule has 1 fully saturated rings. The number of fused-ring (bicyclic) bond motifs is 1. The van der Waals surface area contributed by atoms with Gasteiger partial charge in [0, 0.05) is 17.3 Å². The molecule has 1 atom stereocenters. The fourth-order valence-electron chi connectivity index (χ4n) is 3.05. The molecule has 2 N–H and O–H groups in total. The van der Waals surface area contributed by atoms with Gasteiger partial charge < -0.3 is 5.32 Å². The number of aryl methyl sites for hydroxylation is 1. The summed E-state index contributed by atoms with van der Waals surface area (Å²) in [5.74, 6) is 0.300. The van der Waals surface area contributed by atoms with Crippen LogP contribution in [0.5, 0.6) is 0 Å².